The summed E-state index contributed by atoms with van der Waals surface area (Å²) in [6.45, 7) is 4.04. The van der Waals surface area contributed by atoms with Crippen LogP contribution in [0.4, 0.5) is 4.79 Å². The number of carbonyl (C=O) groups is 3. The molecule has 0 aromatic rings. The van der Waals surface area contributed by atoms with E-state index in [1.165, 1.54) is 0 Å². The van der Waals surface area contributed by atoms with E-state index in [0.717, 1.165) is 16.9 Å². The Morgan fingerprint density at radius 3 is 2.47 bits per heavy atom. The maximum atomic E-state index is 12.2. The van der Waals surface area contributed by atoms with Crippen molar-refractivity contribution in [2.24, 2.45) is 5.41 Å². The monoisotopic (exact) mass is 236 g/mol. The minimum absolute atomic E-state index is 0.238. The van der Waals surface area contributed by atoms with Crippen LogP contribution >= 0.6 is 0 Å². The first-order chi connectivity index (χ1) is 7.97. The van der Waals surface area contributed by atoms with Crippen LogP contribution in [0.1, 0.15) is 33.1 Å². The molecular formula is C12H16N2O3. The predicted molar refractivity (Wildman–Crippen MR) is 61.0 cm³/mol. The Labute approximate surface area is 99.8 Å². The summed E-state index contributed by atoms with van der Waals surface area (Å²) in [7, 11) is 0. The van der Waals surface area contributed by atoms with Crippen molar-refractivity contribution in [3.63, 3.8) is 0 Å². The normalized spacial score (nSPS) is 22.2. The van der Waals surface area contributed by atoms with Gasteiger partial charge in [0.2, 0.25) is 11.8 Å². The van der Waals surface area contributed by atoms with Crippen LogP contribution in [-0.4, -0.2) is 29.3 Å². The number of allylic oxidation sites excluding steroid dienone is 1. The molecule has 5 nitrogen and oxygen atoms in total. The quantitative estimate of drug-likeness (QED) is 0.578. The smallest absolute Gasteiger partial charge is 0.277 e. The van der Waals surface area contributed by atoms with Gasteiger partial charge in [-0.25, -0.2) is 4.79 Å². The third kappa shape index (κ3) is 1.75. The molecule has 0 atom stereocenters. The zero-order valence-corrected chi connectivity index (χ0v) is 10.1. The molecule has 1 saturated carbocycles. The number of nitrogens with zero attached hydrogens (tertiary/aromatic N) is 1. The average molecular weight is 236 g/mol. The van der Waals surface area contributed by atoms with E-state index in [2.05, 4.69) is 5.32 Å². The van der Waals surface area contributed by atoms with E-state index < -0.39 is 17.4 Å². The number of hydrogen-bond acceptors (Lipinski definition) is 3. The van der Waals surface area contributed by atoms with Crippen molar-refractivity contribution in [2.45, 2.75) is 33.1 Å². The average Bonchev–Trinajstić information content (AvgIpc) is 2.13. The summed E-state index contributed by atoms with van der Waals surface area (Å²) >= 11 is 0. The molecule has 1 aliphatic carbocycles. The number of imide groups is 2. The van der Waals surface area contributed by atoms with Crippen LogP contribution in [-0.2, 0) is 9.59 Å². The van der Waals surface area contributed by atoms with Gasteiger partial charge in [0.25, 0.3) is 0 Å². The molecule has 17 heavy (non-hydrogen) atoms. The largest absolute Gasteiger partial charge is 0.331 e. The maximum absolute atomic E-state index is 12.2. The first-order valence-electron chi connectivity index (χ1n) is 5.78. The highest BCUT2D eigenvalue weighted by Gasteiger charge is 2.56. The molecule has 0 aromatic carbocycles. The lowest BCUT2D eigenvalue weighted by Crippen LogP contribution is -2.66. The van der Waals surface area contributed by atoms with Crippen molar-refractivity contribution in [2.75, 3.05) is 6.54 Å². The number of barbiturate groups is 1. The molecule has 92 valence electrons. The molecule has 1 heterocycles. The van der Waals surface area contributed by atoms with E-state index in [-0.39, 0.29) is 12.5 Å². The fourth-order valence-corrected chi connectivity index (χ4v) is 2.14. The van der Waals surface area contributed by atoms with Gasteiger partial charge in [0.05, 0.1) is 0 Å². The number of rotatable bonds is 2. The van der Waals surface area contributed by atoms with E-state index in [4.69, 9.17) is 0 Å². The predicted octanol–water partition coefficient (Wildman–Crippen LogP) is 1.20. The van der Waals surface area contributed by atoms with Crippen molar-refractivity contribution in [1.29, 1.82) is 0 Å². The van der Waals surface area contributed by atoms with Crippen LogP contribution in [0, 0.1) is 5.41 Å². The van der Waals surface area contributed by atoms with Crippen LogP contribution in [0.5, 0.6) is 0 Å². The Bertz CT molecular complexity index is 417. The Morgan fingerprint density at radius 1 is 1.35 bits per heavy atom. The second-order valence-corrected chi connectivity index (χ2v) is 4.89. The number of nitrogens with one attached hydrogen (secondary N) is 1. The van der Waals surface area contributed by atoms with E-state index in [1.807, 2.05) is 13.8 Å². The first-order valence-corrected chi connectivity index (χ1v) is 5.78. The zero-order chi connectivity index (χ0) is 12.6. The van der Waals surface area contributed by atoms with Crippen molar-refractivity contribution < 1.29 is 14.4 Å². The third-order valence-electron chi connectivity index (χ3n) is 3.44. The highest BCUT2D eigenvalue weighted by molar-refractivity contribution is 6.19. The lowest BCUT2D eigenvalue weighted by atomic mass is 9.66. The van der Waals surface area contributed by atoms with Crippen molar-refractivity contribution >= 4 is 17.8 Å². The molecule has 5 heteroatoms. The van der Waals surface area contributed by atoms with Crippen molar-refractivity contribution in [1.82, 2.24) is 10.2 Å². The van der Waals surface area contributed by atoms with Crippen LogP contribution in [0.25, 0.3) is 0 Å². The van der Waals surface area contributed by atoms with Crippen LogP contribution < -0.4 is 5.32 Å². The second-order valence-electron chi connectivity index (χ2n) is 4.89. The summed E-state index contributed by atoms with van der Waals surface area (Å²) in [6.07, 6.45) is 3.77. The molecule has 1 aliphatic heterocycles. The summed E-state index contributed by atoms with van der Waals surface area (Å²) in [5, 5.41) is 2.27. The Balaban J connectivity index is 2.21. The van der Waals surface area contributed by atoms with E-state index >= 15 is 0 Å². The van der Waals surface area contributed by atoms with Gasteiger partial charge in [-0.3, -0.25) is 19.8 Å². The number of hydrogen-bond donors (Lipinski definition) is 1. The molecule has 0 radical (unpaired) electrons. The Kier molecular flexibility index (Phi) is 2.77. The highest BCUT2D eigenvalue weighted by atomic mass is 16.2. The first kappa shape index (κ1) is 11.8. The van der Waals surface area contributed by atoms with Gasteiger partial charge >= 0.3 is 6.03 Å². The molecule has 1 N–H and O–H groups in total. The van der Waals surface area contributed by atoms with Gasteiger partial charge in [-0.05, 0) is 26.7 Å². The molecule has 0 aromatic heterocycles. The van der Waals surface area contributed by atoms with Gasteiger partial charge in [-0.1, -0.05) is 18.1 Å². The lowest BCUT2D eigenvalue weighted by molar-refractivity contribution is -0.157. The minimum atomic E-state index is -0.955. The van der Waals surface area contributed by atoms with Crippen LogP contribution in [0.15, 0.2) is 11.6 Å². The summed E-state index contributed by atoms with van der Waals surface area (Å²) in [6, 6.07) is -0.602. The Hall–Kier alpha value is -1.65. The molecule has 0 bridgehead atoms. The van der Waals surface area contributed by atoms with Gasteiger partial charge in [-0.2, -0.15) is 0 Å². The van der Waals surface area contributed by atoms with Crippen LogP contribution in [0.3, 0.4) is 0 Å². The molecule has 1 spiro atoms. The van der Waals surface area contributed by atoms with Crippen molar-refractivity contribution in [3.05, 3.63) is 11.6 Å². The Morgan fingerprint density at radius 2 is 2.00 bits per heavy atom. The van der Waals surface area contributed by atoms with Crippen LogP contribution in [0.2, 0.25) is 0 Å². The van der Waals surface area contributed by atoms with Gasteiger partial charge in [0, 0.05) is 6.54 Å². The fourth-order valence-electron chi connectivity index (χ4n) is 2.14. The maximum Gasteiger partial charge on any atom is 0.331 e. The van der Waals surface area contributed by atoms with Gasteiger partial charge in [0.1, 0.15) is 5.41 Å². The minimum Gasteiger partial charge on any atom is -0.277 e. The fraction of sp³-hybridized carbons (Fsp3) is 0.583. The molecule has 2 aliphatic rings. The van der Waals surface area contributed by atoms with E-state index in [0.29, 0.717) is 12.8 Å². The van der Waals surface area contributed by atoms with Gasteiger partial charge in [-0.15, -0.1) is 0 Å². The topological polar surface area (TPSA) is 66.5 Å². The number of carbonyl (C=O) groups excluding carboxylic acids is 3. The van der Waals surface area contributed by atoms with Gasteiger partial charge in [0.15, 0.2) is 0 Å². The number of amides is 4. The summed E-state index contributed by atoms with van der Waals surface area (Å²) in [4.78, 5) is 36.6. The van der Waals surface area contributed by atoms with Gasteiger partial charge < -0.3 is 0 Å². The summed E-state index contributed by atoms with van der Waals surface area (Å²) in [5.74, 6) is -0.762. The SMILES string of the molecule is CC(C)=CCN1C(=O)NC(=O)C2(CCC2)C1=O. The van der Waals surface area contributed by atoms with E-state index in [9.17, 15) is 14.4 Å². The van der Waals surface area contributed by atoms with Crippen molar-refractivity contribution in [3.8, 4) is 0 Å². The lowest BCUT2D eigenvalue weighted by Gasteiger charge is -2.44. The molecular weight excluding hydrogens is 220 g/mol. The molecule has 4 amide bonds. The molecule has 2 rings (SSSR count). The number of urea groups is 1. The highest BCUT2D eigenvalue weighted by Crippen LogP contribution is 2.44. The van der Waals surface area contributed by atoms with E-state index in [1.54, 1.807) is 6.08 Å². The standard InChI is InChI=1S/C12H16N2O3/c1-8(2)4-7-14-10(16)12(5-3-6-12)9(15)13-11(14)17/h4H,3,5-7H2,1-2H3,(H,13,15,17). The molecule has 0 unspecified atom stereocenters. The third-order valence-corrected chi connectivity index (χ3v) is 3.44. The zero-order valence-electron chi connectivity index (χ0n) is 10.1. The summed E-state index contributed by atoms with van der Waals surface area (Å²) in [5.41, 5.74) is 0.0776. The molecule has 2 fully saturated rings. The second kappa shape index (κ2) is 3.98. The molecule has 1 saturated heterocycles. The summed E-state index contributed by atoms with van der Waals surface area (Å²) < 4.78 is 0.